The number of amides is 1. The summed E-state index contributed by atoms with van der Waals surface area (Å²) in [6.45, 7) is 12.9. The van der Waals surface area contributed by atoms with Gasteiger partial charge in [0, 0.05) is 36.4 Å². The van der Waals surface area contributed by atoms with Gasteiger partial charge in [-0.05, 0) is 61.1 Å². The quantitative estimate of drug-likeness (QED) is 0.184. The van der Waals surface area contributed by atoms with Crippen molar-refractivity contribution < 1.29 is 18.3 Å². The fraction of sp³-hybridized carbons (Fsp3) is 0.333. The van der Waals surface area contributed by atoms with Crippen molar-refractivity contribution in [2.24, 2.45) is 0 Å². The number of nitrogens with zero attached hydrogens (tertiary/aromatic N) is 6. The topological polar surface area (TPSA) is 66.2 Å². The number of rotatable bonds is 7. The number of likely N-dealkylation sites (tertiary alicyclic amines) is 1. The lowest BCUT2D eigenvalue weighted by molar-refractivity contribution is -0.131. The fourth-order valence-corrected chi connectivity index (χ4v) is 6.48. The number of benzene rings is 3. The van der Waals surface area contributed by atoms with Gasteiger partial charge in [0.05, 0.1) is 10.5 Å². The van der Waals surface area contributed by atoms with E-state index in [9.17, 15) is 13.6 Å². The van der Waals surface area contributed by atoms with E-state index in [2.05, 4.69) is 23.4 Å². The largest absolute Gasteiger partial charge is 0.462 e. The third-order valence-electron chi connectivity index (χ3n) is 8.56. The normalized spacial score (nSPS) is 19.0. The van der Waals surface area contributed by atoms with E-state index in [1.54, 1.807) is 6.07 Å². The number of fused-ring (bicyclic) bond motifs is 2. The molecule has 1 amide bonds. The van der Waals surface area contributed by atoms with Crippen LogP contribution in [0.2, 0.25) is 5.02 Å². The van der Waals surface area contributed by atoms with Gasteiger partial charge in [0.1, 0.15) is 24.3 Å². The van der Waals surface area contributed by atoms with E-state index in [0.717, 1.165) is 41.3 Å². The summed E-state index contributed by atoms with van der Waals surface area (Å²) in [7, 11) is 2.07. The van der Waals surface area contributed by atoms with Gasteiger partial charge in [-0.15, -0.1) is 0 Å². The molecule has 0 bridgehead atoms. The van der Waals surface area contributed by atoms with E-state index < -0.39 is 23.6 Å². The number of likely N-dealkylation sites (N-methyl/N-ethyl adjacent to an activating group) is 1. The maximum absolute atomic E-state index is 14.5. The molecule has 4 aromatic rings. The second-order valence-electron chi connectivity index (χ2n) is 11.3. The molecule has 0 N–H and O–H groups in total. The van der Waals surface area contributed by atoms with Crippen molar-refractivity contribution >= 4 is 45.0 Å². The van der Waals surface area contributed by atoms with Gasteiger partial charge in [-0.25, -0.2) is 15.4 Å². The number of ether oxygens (including phenoxy) is 1. The van der Waals surface area contributed by atoms with E-state index in [-0.39, 0.29) is 36.7 Å². The van der Waals surface area contributed by atoms with E-state index in [1.807, 2.05) is 41.3 Å². The van der Waals surface area contributed by atoms with Crippen molar-refractivity contribution in [2.45, 2.75) is 24.9 Å². The lowest BCUT2D eigenvalue weighted by Crippen LogP contribution is -2.56. The van der Waals surface area contributed by atoms with Crippen LogP contribution in [0.4, 0.5) is 14.6 Å². The second-order valence-corrected chi connectivity index (χ2v) is 11.6. The minimum absolute atomic E-state index is 0.0124. The molecule has 6 rings (SSSR count). The molecule has 226 valence electrons. The zero-order valence-electron chi connectivity index (χ0n) is 24.3. The van der Waals surface area contributed by atoms with Crippen LogP contribution in [0, 0.1) is 12.4 Å². The summed E-state index contributed by atoms with van der Waals surface area (Å²) >= 11 is 6.45. The Bertz CT molecular complexity index is 1810. The Labute approximate surface area is 259 Å². The first-order valence-corrected chi connectivity index (χ1v) is 14.9. The van der Waals surface area contributed by atoms with Crippen molar-refractivity contribution in [2.75, 3.05) is 51.3 Å². The number of carbonyl (C=O) groups is 1. The Hall–Kier alpha value is -4.33. The van der Waals surface area contributed by atoms with Crippen LogP contribution in [0.25, 0.3) is 37.6 Å². The minimum Gasteiger partial charge on any atom is -0.462 e. The van der Waals surface area contributed by atoms with Gasteiger partial charge in [0.15, 0.2) is 5.83 Å². The molecule has 0 radical (unpaired) electrons. The number of hydrogen-bond donors (Lipinski definition) is 0. The molecule has 8 nitrogen and oxygen atoms in total. The highest BCUT2D eigenvalue weighted by atomic mass is 35.5. The molecule has 2 aliphatic rings. The van der Waals surface area contributed by atoms with E-state index in [0.29, 0.717) is 29.9 Å². The Morgan fingerprint density at radius 2 is 2.00 bits per heavy atom. The Kier molecular flexibility index (Phi) is 8.34. The number of halogens is 3. The lowest BCUT2D eigenvalue weighted by Gasteiger charge is -2.39. The summed E-state index contributed by atoms with van der Waals surface area (Å²) < 4.78 is 34.5. The van der Waals surface area contributed by atoms with Gasteiger partial charge in [-0.1, -0.05) is 48.5 Å². The number of anilines is 1. The summed E-state index contributed by atoms with van der Waals surface area (Å²) in [5, 5.41) is 2.23. The van der Waals surface area contributed by atoms with Crippen molar-refractivity contribution in [3.05, 3.63) is 83.2 Å². The molecule has 0 aliphatic carbocycles. The third-order valence-corrected chi connectivity index (χ3v) is 8.93. The minimum atomic E-state index is -1.05. The zero-order chi connectivity index (χ0) is 31.0. The predicted octanol–water partition coefficient (Wildman–Crippen LogP) is 6.14. The van der Waals surface area contributed by atoms with Gasteiger partial charge in [-0.3, -0.25) is 4.79 Å². The average molecular weight is 617 g/mol. The molecule has 2 atom stereocenters. The number of hydrogen-bond acceptors (Lipinski definition) is 6. The van der Waals surface area contributed by atoms with Gasteiger partial charge in [-0.2, -0.15) is 9.97 Å². The molecule has 44 heavy (non-hydrogen) atoms. The van der Waals surface area contributed by atoms with Crippen LogP contribution in [0.15, 0.2) is 60.9 Å². The molecular weight excluding hydrogens is 586 g/mol. The Morgan fingerprint density at radius 1 is 1.16 bits per heavy atom. The summed E-state index contributed by atoms with van der Waals surface area (Å²) in [6.07, 6.45) is 2.12. The maximum Gasteiger partial charge on any atom is 0.319 e. The molecule has 2 aliphatic heterocycles. The van der Waals surface area contributed by atoms with Crippen molar-refractivity contribution in [3.63, 3.8) is 0 Å². The van der Waals surface area contributed by atoms with Crippen LogP contribution < -0.4 is 9.64 Å². The van der Waals surface area contributed by atoms with Crippen molar-refractivity contribution in [1.82, 2.24) is 19.8 Å². The number of piperazine rings is 1. The smallest absolute Gasteiger partial charge is 0.319 e. The summed E-state index contributed by atoms with van der Waals surface area (Å²) in [5.74, 6) is -1.74. The van der Waals surface area contributed by atoms with Crippen LogP contribution in [0.1, 0.15) is 12.8 Å². The van der Waals surface area contributed by atoms with Gasteiger partial charge >= 0.3 is 6.01 Å². The first-order valence-electron chi connectivity index (χ1n) is 14.5. The lowest BCUT2D eigenvalue weighted by atomic mass is 9.97. The average Bonchev–Trinajstić information content (AvgIpc) is 3.44. The molecular formula is C33H31ClF2N6O2. The van der Waals surface area contributed by atoms with Crippen LogP contribution in [0.3, 0.4) is 0 Å². The van der Waals surface area contributed by atoms with Crippen LogP contribution in [-0.2, 0) is 4.79 Å². The predicted molar refractivity (Wildman–Crippen MR) is 168 cm³/mol. The molecule has 0 saturated carbocycles. The van der Waals surface area contributed by atoms with Crippen molar-refractivity contribution in [3.8, 4) is 17.1 Å². The molecule has 0 unspecified atom stereocenters. The summed E-state index contributed by atoms with van der Waals surface area (Å²) in [5.41, 5.74) is 2.17. The van der Waals surface area contributed by atoms with Crippen LogP contribution in [-0.4, -0.2) is 84.1 Å². The molecule has 0 spiro atoms. The molecule has 11 heteroatoms. The number of aromatic nitrogens is 2. The van der Waals surface area contributed by atoms with E-state index in [4.69, 9.17) is 32.9 Å². The van der Waals surface area contributed by atoms with Gasteiger partial charge in [0.25, 0.3) is 5.91 Å². The highest BCUT2D eigenvalue weighted by molar-refractivity contribution is 6.36. The van der Waals surface area contributed by atoms with Crippen LogP contribution in [0.5, 0.6) is 6.01 Å². The van der Waals surface area contributed by atoms with E-state index >= 15 is 0 Å². The fourth-order valence-electron chi connectivity index (χ4n) is 6.21. The molecule has 1 aromatic heterocycles. The van der Waals surface area contributed by atoms with Crippen molar-refractivity contribution in [1.29, 1.82) is 0 Å². The van der Waals surface area contributed by atoms with Crippen LogP contribution >= 0.6 is 11.6 Å². The highest BCUT2D eigenvalue weighted by Crippen LogP contribution is 2.38. The highest BCUT2D eigenvalue weighted by Gasteiger charge is 2.35. The Morgan fingerprint density at radius 3 is 2.75 bits per heavy atom. The molecule has 3 aromatic carbocycles. The molecule has 2 saturated heterocycles. The number of carbonyl (C=O) groups excluding carboxylic acids is 1. The molecule has 3 heterocycles. The maximum atomic E-state index is 14.5. The first kappa shape index (κ1) is 29.7. The Balaban J connectivity index is 1.43. The first-order chi connectivity index (χ1) is 21.2. The second kappa shape index (κ2) is 12.3. The third kappa shape index (κ3) is 5.65. The standard InChI is InChI=1S/C33H31ClF2N6O2/c1-20(35)32(43)42-15-14-41(18-24(42)17-37-2)31-26-11-9-22(25-8-4-6-21-10-12-27(36)30(34)29(21)25)16-28(26)38-33(39-31)44-19-23-7-5-13-40(23)3/h4,6,8-12,16,23-24H,1,5,7,13-15,17-19H2,3H3/t23-,24-/m0/s1. The van der Waals surface area contributed by atoms with Gasteiger partial charge < -0.3 is 24.3 Å². The molecule has 2 fully saturated rings. The van der Waals surface area contributed by atoms with Gasteiger partial charge in [0.2, 0.25) is 6.54 Å². The zero-order valence-corrected chi connectivity index (χ0v) is 25.0. The SMILES string of the molecule is [C-]#[N+]C[C@H]1CN(c2nc(OC[C@@H]3CCCN3C)nc3cc(-c4cccc5ccc(F)c(Cl)c45)ccc23)CCN1C(=O)C(=C)F. The summed E-state index contributed by atoms with van der Waals surface area (Å²) in [4.78, 5) is 31.2. The van der Waals surface area contributed by atoms with E-state index in [1.165, 1.54) is 11.0 Å². The summed E-state index contributed by atoms with van der Waals surface area (Å²) in [6, 6.07) is 14.4. The monoisotopic (exact) mass is 616 g/mol.